The molecule has 0 atom stereocenters. The number of ether oxygens (including phenoxy) is 1. The first kappa shape index (κ1) is 14.1. The number of rotatable bonds is 0. The Balaban J connectivity index is 1.65. The van der Waals surface area contributed by atoms with Crippen LogP contribution < -0.4 is 0 Å². The number of carbonyl (C=O) groups excluding carboxylic acids is 2. The Kier molecular flexibility index (Phi) is 3.07. The number of amides is 1. The number of piperidine rings is 1. The zero-order valence-corrected chi connectivity index (χ0v) is 12.8. The number of nitrogens with zero attached hydrogens (tertiary/aromatic N) is 3. The van der Waals surface area contributed by atoms with Gasteiger partial charge in [-0.2, -0.15) is 5.10 Å². The Bertz CT molecular complexity index is 577. The minimum absolute atomic E-state index is 0.170. The van der Waals surface area contributed by atoms with E-state index in [1.54, 1.807) is 21.8 Å². The van der Waals surface area contributed by atoms with Crippen LogP contribution in [-0.2, 0) is 11.3 Å². The standard InChI is InChI=1S/C15H21N3O3/c1-14(2,3)21-13(20)17-8-5-15(6-9-17)10-18-11(12(15)19)4-7-16-18/h4,7H,5-6,8-10H2,1-3H3. The normalized spacial score (nSPS) is 20.7. The van der Waals surface area contributed by atoms with Gasteiger partial charge in [-0.05, 0) is 39.7 Å². The van der Waals surface area contributed by atoms with E-state index in [9.17, 15) is 9.59 Å². The van der Waals surface area contributed by atoms with Crippen LogP contribution in [0.3, 0.4) is 0 Å². The van der Waals surface area contributed by atoms with Gasteiger partial charge in [-0.25, -0.2) is 4.79 Å². The summed E-state index contributed by atoms with van der Waals surface area (Å²) in [4.78, 5) is 26.3. The first-order valence-corrected chi connectivity index (χ1v) is 7.35. The smallest absolute Gasteiger partial charge is 0.410 e. The lowest BCUT2D eigenvalue weighted by Gasteiger charge is -2.38. The van der Waals surface area contributed by atoms with E-state index < -0.39 is 5.60 Å². The lowest BCUT2D eigenvalue weighted by molar-refractivity contribution is 0.0102. The van der Waals surface area contributed by atoms with Crippen LogP contribution >= 0.6 is 0 Å². The summed E-state index contributed by atoms with van der Waals surface area (Å²) in [6.45, 7) is 7.33. The summed E-state index contributed by atoms with van der Waals surface area (Å²) in [6.07, 6.45) is 2.72. The molecule has 6 nitrogen and oxygen atoms in total. The third-order valence-corrected chi connectivity index (χ3v) is 4.26. The summed E-state index contributed by atoms with van der Waals surface area (Å²) in [5.41, 5.74) is -0.166. The fourth-order valence-corrected chi connectivity index (χ4v) is 3.11. The van der Waals surface area contributed by atoms with Crippen LogP contribution in [0.4, 0.5) is 4.79 Å². The maximum Gasteiger partial charge on any atom is 0.410 e. The largest absolute Gasteiger partial charge is 0.444 e. The summed E-state index contributed by atoms with van der Waals surface area (Å²) in [5, 5.41) is 4.19. The van der Waals surface area contributed by atoms with E-state index in [2.05, 4.69) is 5.10 Å². The maximum atomic E-state index is 12.5. The van der Waals surface area contributed by atoms with Gasteiger partial charge in [-0.1, -0.05) is 0 Å². The average molecular weight is 291 g/mol. The lowest BCUT2D eigenvalue weighted by Crippen LogP contribution is -2.47. The van der Waals surface area contributed by atoms with Gasteiger partial charge < -0.3 is 9.64 Å². The Labute approximate surface area is 124 Å². The molecular weight excluding hydrogens is 270 g/mol. The van der Waals surface area contributed by atoms with Crippen LogP contribution in [0.5, 0.6) is 0 Å². The van der Waals surface area contributed by atoms with E-state index in [-0.39, 0.29) is 17.3 Å². The molecule has 0 saturated carbocycles. The van der Waals surface area contributed by atoms with Crippen molar-refractivity contribution in [2.24, 2.45) is 5.41 Å². The Morgan fingerprint density at radius 2 is 2.00 bits per heavy atom. The van der Waals surface area contributed by atoms with Crippen molar-refractivity contribution < 1.29 is 14.3 Å². The highest BCUT2D eigenvalue weighted by Gasteiger charge is 2.48. The van der Waals surface area contributed by atoms with Crippen LogP contribution in [-0.4, -0.2) is 45.2 Å². The zero-order valence-electron chi connectivity index (χ0n) is 12.8. The molecule has 1 aromatic rings. The molecule has 2 aliphatic rings. The molecule has 0 N–H and O–H groups in total. The molecule has 114 valence electrons. The Morgan fingerprint density at radius 1 is 1.33 bits per heavy atom. The van der Waals surface area contributed by atoms with Crippen LogP contribution in [0.15, 0.2) is 12.3 Å². The molecule has 2 aliphatic heterocycles. The van der Waals surface area contributed by atoms with Gasteiger partial charge >= 0.3 is 6.09 Å². The van der Waals surface area contributed by atoms with Crippen LogP contribution in [0, 0.1) is 5.41 Å². The van der Waals surface area contributed by atoms with Gasteiger partial charge in [0.2, 0.25) is 0 Å². The zero-order chi connectivity index (χ0) is 15.3. The van der Waals surface area contributed by atoms with Crippen molar-refractivity contribution in [3.63, 3.8) is 0 Å². The summed E-state index contributed by atoms with van der Waals surface area (Å²) in [7, 11) is 0. The van der Waals surface area contributed by atoms with Gasteiger partial charge in [0.1, 0.15) is 11.3 Å². The first-order chi connectivity index (χ1) is 9.81. The molecule has 3 rings (SSSR count). The molecule has 0 aliphatic carbocycles. The van der Waals surface area contributed by atoms with Crippen LogP contribution in [0.2, 0.25) is 0 Å². The average Bonchev–Trinajstić information content (AvgIpc) is 2.92. The van der Waals surface area contributed by atoms with E-state index >= 15 is 0 Å². The van der Waals surface area contributed by atoms with Crippen molar-refractivity contribution in [1.82, 2.24) is 14.7 Å². The molecule has 6 heteroatoms. The van der Waals surface area contributed by atoms with Crippen molar-refractivity contribution in [3.8, 4) is 0 Å². The molecule has 0 bridgehead atoms. The maximum absolute atomic E-state index is 12.5. The van der Waals surface area contributed by atoms with Gasteiger partial charge in [0.05, 0.1) is 12.0 Å². The molecule has 0 radical (unpaired) electrons. The van der Waals surface area contributed by atoms with E-state index in [0.29, 0.717) is 38.2 Å². The highest BCUT2D eigenvalue weighted by molar-refractivity contribution is 6.01. The fourth-order valence-electron chi connectivity index (χ4n) is 3.11. The van der Waals surface area contributed by atoms with E-state index in [0.717, 1.165) is 0 Å². The number of aromatic nitrogens is 2. The fraction of sp³-hybridized carbons (Fsp3) is 0.667. The second-order valence-electron chi connectivity index (χ2n) is 6.95. The quantitative estimate of drug-likeness (QED) is 0.734. The second-order valence-corrected chi connectivity index (χ2v) is 6.95. The lowest BCUT2D eigenvalue weighted by atomic mass is 9.76. The van der Waals surface area contributed by atoms with Gasteiger partial charge in [-0.15, -0.1) is 0 Å². The molecule has 21 heavy (non-hydrogen) atoms. The number of Topliss-reactive ketones (excluding diaryl/α,β-unsaturated/α-hetero) is 1. The van der Waals surface area contributed by atoms with Gasteiger partial charge in [0, 0.05) is 19.3 Å². The molecule has 0 aromatic carbocycles. The Morgan fingerprint density at radius 3 is 2.57 bits per heavy atom. The molecule has 3 heterocycles. The van der Waals surface area contributed by atoms with Gasteiger partial charge in [0.15, 0.2) is 5.78 Å². The van der Waals surface area contributed by atoms with E-state index in [4.69, 9.17) is 4.74 Å². The number of likely N-dealkylation sites (tertiary alicyclic amines) is 1. The highest BCUT2D eigenvalue weighted by atomic mass is 16.6. The molecular formula is C15H21N3O3. The first-order valence-electron chi connectivity index (χ1n) is 7.35. The van der Waals surface area contributed by atoms with Crippen molar-refractivity contribution in [1.29, 1.82) is 0 Å². The summed E-state index contributed by atoms with van der Waals surface area (Å²) >= 11 is 0. The molecule has 1 aromatic heterocycles. The van der Waals surface area contributed by atoms with Crippen molar-refractivity contribution in [3.05, 3.63) is 18.0 Å². The SMILES string of the molecule is CC(C)(C)OC(=O)N1CCC2(CC1)Cn1nccc1C2=O. The van der Waals surface area contributed by atoms with Gasteiger partial charge in [0.25, 0.3) is 0 Å². The topological polar surface area (TPSA) is 64.4 Å². The third kappa shape index (κ3) is 2.43. The monoisotopic (exact) mass is 291 g/mol. The minimum Gasteiger partial charge on any atom is -0.444 e. The van der Waals surface area contributed by atoms with E-state index in [1.165, 1.54) is 0 Å². The predicted molar refractivity (Wildman–Crippen MR) is 76.0 cm³/mol. The summed E-state index contributed by atoms with van der Waals surface area (Å²) < 4.78 is 7.17. The van der Waals surface area contributed by atoms with E-state index in [1.807, 2.05) is 20.8 Å². The molecule has 1 spiro atoms. The van der Waals surface area contributed by atoms with Crippen molar-refractivity contribution in [2.75, 3.05) is 13.1 Å². The summed E-state index contributed by atoms with van der Waals surface area (Å²) in [6, 6.07) is 1.78. The number of ketones is 1. The number of hydrogen-bond acceptors (Lipinski definition) is 4. The third-order valence-electron chi connectivity index (χ3n) is 4.26. The van der Waals surface area contributed by atoms with Gasteiger partial charge in [-0.3, -0.25) is 9.48 Å². The molecule has 1 saturated heterocycles. The predicted octanol–water partition coefficient (Wildman–Crippen LogP) is 2.10. The summed E-state index contributed by atoms with van der Waals surface area (Å²) in [5.74, 6) is 0.170. The Hall–Kier alpha value is -1.85. The molecule has 0 unspecified atom stereocenters. The molecule has 1 amide bonds. The van der Waals surface area contributed by atoms with Crippen molar-refractivity contribution in [2.45, 2.75) is 45.8 Å². The van der Waals surface area contributed by atoms with Crippen LogP contribution in [0.1, 0.15) is 44.1 Å². The van der Waals surface area contributed by atoms with Crippen molar-refractivity contribution >= 4 is 11.9 Å². The number of hydrogen-bond donors (Lipinski definition) is 0. The number of carbonyl (C=O) groups is 2. The number of fused-ring (bicyclic) bond motifs is 1. The minimum atomic E-state index is -0.488. The molecule has 1 fully saturated rings. The van der Waals surface area contributed by atoms with Crippen LogP contribution in [0.25, 0.3) is 0 Å². The highest BCUT2D eigenvalue weighted by Crippen LogP contribution is 2.41. The second kappa shape index (κ2) is 4.58.